The fraction of sp³-hybridized carbons (Fsp3) is 0.0137. The molecule has 2 heterocycles. The van der Waals surface area contributed by atoms with Crippen LogP contribution in [0.5, 0.6) is 0 Å². The van der Waals surface area contributed by atoms with Gasteiger partial charge in [0.2, 0.25) is 0 Å². The summed E-state index contributed by atoms with van der Waals surface area (Å²) in [5.41, 5.74) is 18.7. The molecule has 358 valence electrons. The van der Waals surface area contributed by atoms with Crippen molar-refractivity contribution in [2.75, 3.05) is 0 Å². The molecule has 14 aromatic rings. The second-order valence-corrected chi connectivity index (χ2v) is 20.1. The van der Waals surface area contributed by atoms with Crippen molar-refractivity contribution in [1.29, 1.82) is 0 Å². The molecular weight excluding hydrogens is 933 g/mol. The van der Waals surface area contributed by atoms with Crippen LogP contribution in [-0.2, 0) is 5.41 Å². The molecule has 12 aromatic carbocycles. The minimum absolute atomic E-state index is 0.679. The van der Waals surface area contributed by atoms with Gasteiger partial charge in [-0.25, -0.2) is 19.9 Å². The van der Waals surface area contributed by atoms with Crippen molar-refractivity contribution in [3.63, 3.8) is 0 Å². The van der Waals surface area contributed by atoms with Gasteiger partial charge >= 0.3 is 0 Å². The van der Waals surface area contributed by atoms with Crippen LogP contribution in [0.2, 0.25) is 0 Å². The molecule has 0 bridgehead atoms. The molecule has 0 saturated heterocycles. The fourth-order valence-electron chi connectivity index (χ4n) is 12.0. The summed E-state index contributed by atoms with van der Waals surface area (Å²) in [6, 6.07) is 100. The molecule has 0 unspecified atom stereocenters. The molecule has 0 fully saturated rings. The normalized spacial score (nSPS) is 12.5. The van der Waals surface area contributed by atoms with Crippen LogP contribution in [0.4, 0.5) is 0 Å². The van der Waals surface area contributed by atoms with E-state index in [-0.39, 0.29) is 0 Å². The second-order valence-electron chi connectivity index (χ2n) is 20.1. The topological polar surface area (TPSA) is 51.6 Å². The van der Waals surface area contributed by atoms with E-state index in [1.165, 1.54) is 66.4 Å². The SMILES string of the molecule is c1ccc(-c2ccc3cc(-c4nc(-c5ccc6c(c5)C(c5ccccc5)(c5ccccc5)c5cc(-c7nc(-c8ccc9cc(-c%10ccccc%10)ccc9c8)c8ccccc8n7)ccc5-6)c5ccccc5n4)ccc3c2)cc1. The van der Waals surface area contributed by atoms with E-state index in [1.807, 2.05) is 0 Å². The highest BCUT2D eigenvalue weighted by molar-refractivity contribution is 6.00. The third-order valence-electron chi connectivity index (χ3n) is 15.7. The Morgan fingerprint density at radius 1 is 0.234 bits per heavy atom. The Hall–Kier alpha value is -10.2. The summed E-state index contributed by atoms with van der Waals surface area (Å²) in [6.45, 7) is 0. The summed E-state index contributed by atoms with van der Waals surface area (Å²) >= 11 is 0. The zero-order chi connectivity index (χ0) is 50.9. The molecule has 1 aliphatic carbocycles. The number of nitrogens with zero attached hydrogens (tertiary/aromatic N) is 4. The van der Waals surface area contributed by atoms with Crippen molar-refractivity contribution in [3.8, 4) is 78.7 Å². The van der Waals surface area contributed by atoms with Crippen molar-refractivity contribution in [2.24, 2.45) is 0 Å². The van der Waals surface area contributed by atoms with E-state index in [9.17, 15) is 0 Å². The van der Waals surface area contributed by atoms with Gasteiger partial charge in [-0.1, -0.05) is 231 Å². The van der Waals surface area contributed by atoms with Crippen molar-refractivity contribution in [2.45, 2.75) is 5.41 Å². The van der Waals surface area contributed by atoms with Crippen molar-refractivity contribution in [3.05, 3.63) is 301 Å². The van der Waals surface area contributed by atoms with Gasteiger partial charge in [0.05, 0.1) is 27.8 Å². The van der Waals surface area contributed by atoms with E-state index < -0.39 is 5.41 Å². The fourth-order valence-corrected chi connectivity index (χ4v) is 12.0. The van der Waals surface area contributed by atoms with Crippen molar-refractivity contribution < 1.29 is 0 Å². The van der Waals surface area contributed by atoms with Gasteiger partial charge in [-0.2, -0.15) is 0 Å². The number of aromatic nitrogens is 4. The quantitative estimate of drug-likeness (QED) is 0.152. The maximum atomic E-state index is 5.50. The van der Waals surface area contributed by atoms with Gasteiger partial charge in [-0.05, 0) is 126 Å². The molecule has 0 aliphatic heterocycles. The number of fused-ring (bicyclic) bond motifs is 7. The highest BCUT2D eigenvalue weighted by Crippen LogP contribution is 2.57. The van der Waals surface area contributed by atoms with Crippen LogP contribution in [0.3, 0.4) is 0 Å². The van der Waals surface area contributed by atoms with E-state index in [0.29, 0.717) is 11.6 Å². The van der Waals surface area contributed by atoms with Crippen LogP contribution >= 0.6 is 0 Å². The summed E-state index contributed by atoms with van der Waals surface area (Å²) in [6.07, 6.45) is 0. The lowest BCUT2D eigenvalue weighted by Crippen LogP contribution is -2.28. The lowest BCUT2D eigenvalue weighted by Gasteiger charge is -2.34. The van der Waals surface area contributed by atoms with Gasteiger partial charge in [0, 0.05) is 33.0 Å². The summed E-state index contributed by atoms with van der Waals surface area (Å²) in [4.78, 5) is 21.6. The molecular formula is C73H46N4. The largest absolute Gasteiger partial charge is 0.228 e. The highest BCUT2D eigenvalue weighted by Gasteiger charge is 2.46. The first-order valence-corrected chi connectivity index (χ1v) is 26.3. The van der Waals surface area contributed by atoms with Crippen LogP contribution < -0.4 is 0 Å². The van der Waals surface area contributed by atoms with E-state index >= 15 is 0 Å². The van der Waals surface area contributed by atoms with E-state index in [1.54, 1.807) is 0 Å². The first-order chi connectivity index (χ1) is 38.1. The number of hydrogen-bond donors (Lipinski definition) is 0. The summed E-state index contributed by atoms with van der Waals surface area (Å²) in [5.74, 6) is 1.37. The van der Waals surface area contributed by atoms with Gasteiger partial charge in [-0.15, -0.1) is 0 Å². The van der Waals surface area contributed by atoms with E-state index in [4.69, 9.17) is 19.9 Å². The second kappa shape index (κ2) is 18.0. The smallest absolute Gasteiger partial charge is 0.160 e. The molecule has 0 N–H and O–H groups in total. The monoisotopic (exact) mass is 978 g/mol. The number of para-hydroxylation sites is 2. The Balaban J connectivity index is 0.886. The van der Waals surface area contributed by atoms with Crippen LogP contribution in [0.1, 0.15) is 22.3 Å². The zero-order valence-corrected chi connectivity index (χ0v) is 41.8. The average Bonchev–Trinajstić information content (AvgIpc) is 4.04. The van der Waals surface area contributed by atoms with Gasteiger partial charge in [-0.3, -0.25) is 0 Å². The molecule has 0 saturated carbocycles. The van der Waals surface area contributed by atoms with Gasteiger partial charge in [0.1, 0.15) is 0 Å². The standard InChI is InChI=1S/C73H46N4/c1-5-17-47(18-6-1)49-29-31-53-43-55(35-33-51(53)41-49)69-63-25-13-15-27-67(63)75-72(76-69)58-38-40-62-61-39-37-56(45-65(61)73(66(62)46-58,59-21-9-3-10-22-59)60-23-11-4-12-24-60)70-64-26-14-16-28-68(64)74-71(77-70)57-36-34-52-42-50(30-32-54(52)44-57)48-19-7-2-8-20-48/h1-46H. The number of hydrogen-bond acceptors (Lipinski definition) is 4. The number of rotatable bonds is 8. The predicted molar refractivity (Wildman–Crippen MR) is 318 cm³/mol. The van der Waals surface area contributed by atoms with Gasteiger partial charge in [0.15, 0.2) is 11.6 Å². The molecule has 4 nitrogen and oxygen atoms in total. The summed E-state index contributed by atoms with van der Waals surface area (Å²) in [5, 5.41) is 6.67. The molecule has 77 heavy (non-hydrogen) atoms. The highest BCUT2D eigenvalue weighted by atomic mass is 14.9. The van der Waals surface area contributed by atoms with Crippen LogP contribution in [0.25, 0.3) is 122 Å². The van der Waals surface area contributed by atoms with Crippen molar-refractivity contribution >= 4 is 43.4 Å². The van der Waals surface area contributed by atoms with Crippen molar-refractivity contribution in [1.82, 2.24) is 19.9 Å². The van der Waals surface area contributed by atoms with E-state index in [0.717, 1.165) is 66.2 Å². The first-order valence-electron chi connectivity index (χ1n) is 26.3. The Morgan fingerprint density at radius 3 is 1.06 bits per heavy atom. The lowest BCUT2D eigenvalue weighted by molar-refractivity contribution is 0.769. The zero-order valence-electron chi connectivity index (χ0n) is 41.8. The summed E-state index contributed by atoms with van der Waals surface area (Å²) < 4.78 is 0. The summed E-state index contributed by atoms with van der Waals surface area (Å²) in [7, 11) is 0. The molecule has 4 heteroatoms. The lowest BCUT2D eigenvalue weighted by atomic mass is 9.67. The predicted octanol–water partition coefficient (Wildman–Crippen LogP) is 18.2. The molecule has 0 amide bonds. The molecule has 0 atom stereocenters. The maximum absolute atomic E-state index is 5.50. The van der Waals surface area contributed by atoms with Gasteiger partial charge in [0.25, 0.3) is 0 Å². The molecule has 15 rings (SSSR count). The van der Waals surface area contributed by atoms with E-state index in [2.05, 4.69) is 279 Å². The van der Waals surface area contributed by atoms with Gasteiger partial charge < -0.3 is 0 Å². The first kappa shape index (κ1) is 44.3. The Morgan fingerprint density at radius 2 is 0.571 bits per heavy atom. The molecule has 0 spiro atoms. The third kappa shape index (κ3) is 7.45. The Kier molecular flexibility index (Phi) is 10.4. The van der Waals surface area contributed by atoms with Crippen LogP contribution in [0, 0.1) is 0 Å². The minimum atomic E-state index is -0.710. The third-order valence-corrected chi connectivity index (χ3v) is 15.7. The van der Waals surface area contributed by atoms with Crippen LogP contribution in [-0.4, -0.2) is 19.9 Å². The molecule has 2 aromatic heterocycles. The maximum Gasteiger partial charge on any atom is 0.160 e. The number of benzene rings is 12. The minimum Gasteiger partial charge on any atom is -0.228 e. The average molecular weight is 979 g/mol. The molecule has 1 aliphatic rings. The molecule has 0 radical (unpaired) electrons. The Labute approximate surface area is 446 Å². The van der Waals surface area contributed by atoms with Crippen LogP contribution in [0.15, 0.2) is 279 Å². The Bertz CT molecular complexity index is 4570.